The van der Waals surface area contributed by atoms with E-state index >= 15 is 0 Å². The van der Waals surface area contributed by atoms with Gasteiger partial charge in [-0.25, -0.2) is 0 Å². The van der Waals surface area contributed by atoms with Crippen LogP contribution in [0.2, 0.25) is 0 Å². The van der Waals surface area contributed by atoms with Gasteiger partial charge in [-0.2, -0.15) is 0 Å². The Morgan fingerprint density at radius 1 is 1.21 bits per heavy atom. The summed E-state index contributed by atoms with van der Waals surface area (Å²) in [6, 6.07) is 8.48. The maximum Gasteiger partial charge on any atom is 0.191 e. The highest BCUT2D eigenvalue weighted by atomic mass is 79.9. The number of halogens is 1. The smallest absolute Gasteiger partial charge is 0.191 e. The molecule has 0 radical (unpaired) electrons. The number of aryl methyl sites for hydroxylation is 1. The number of hydrogen-bond donors (Lipinski definition) is 0. The van der Waals surface area contributed by atoms with E-state index in [1.165, 1.54) is 49.9 Å². The molecule has 0 unspecified atom stereocenters. The molecule has 2 aromatic rings. The zero-order valence-electron chi connectivity index (χ0n) is 14.4. The monoisotopic (exact) mass is 407 g/mol. The summed E-state index contributed by atoms with van der Waals surface area (Å²) in [6.45, 7) is 3.14. The van der Waals surface area contributed by atoms with Gasteiger partial charge in [-0.1, -0.05) is 71.9 Å². The second kappa shape index (κ2) is 9.04. The number of thioether (sulfide) groups is 1. The molecular weight excluding hydrogens is 382 g/mol. The van der Waals surface area contributed by atoms with Gasteiger partial charge in [0.05, 0.1) is 0 Å². The fourth-order valence-corrected chi connectivity index (χ4v) is 4.92. The van der Waals surface area contributed by atoms with Crippen molar-refractivity contribution in [3.63, 3.8) is 0 Å². The molecule has 1 aliphatic rings. The van der Waals surface area contributed by atoms with Crippen LogP contribution in [0.5, 0.6) is 0 Å². The van der Waals surface area contributed by atoms with E-state index in [9.17, 15) is 0 Å². The van der Waals surface area contributed by atoms with Crippen LogP contribution in [-0.4, -0.2) is 14.8 Å². The quantitative estimate of drug-likeness (QED) is 0.537. The van der Waals surface area contributed by atoms with Crippen molar-refractivity contribution in [1.29, 1.82) is 0 Å². The highest BCUT2D eigenvalue weighted by molar-refractivity contribution is 9.10. The van der Waals surface area contributed by atoms with E-state index in [-0.39, 0.29) is 0 Å². The standard InChI is InChI=1S/C19H26BrN3S/c1-2-23-18(12-11-15-7-4-3-5-8-15)21-22-19(23)24-14-16-9-6-10-17(20)13-16/h6,9-10,13,15H,2-5,7-8,11-12,14H2,1H3. The van der Waals surface area contributed by atoms with Crippen LogP contribution in [0.3, 0.4) is 0 Å². The van der Waals surface area contributed by atoms with E-state index < -0.39 is 0 Å². The third kappa shape index (κ3) is 4.85. The first-order valence-corrected chi connectivity index (χ1v) is 10.8. The maximum absolute atomic E-state index is 4.48. The molecule has 1 aromatic carbocycles. The Morgan fingerprint density at radius 2 is 2.04 bits per heavy atom. The fourth-order valence-electron chi connectivity index (χ4n) is 3.51. The lowest BCUT2D eigenvalue weighted by atomic mass is 9.86. The fraction of sp³-hybridized carbons (Fsp3) is 0.579. The number of nitrogens with zero attached hydrogens (tertiary/aromatic N) is 3. The molecule has 24 heavy (non-hydrogen) atoms. The number of rotatable bonds is 7. The number of hydrogen-bond acceptors (Lipinski definition) is 3. The molecule has 0 spiro atoms. The predicted molar refractivity (Wildman–Crippen MR) is 104 cm³/mol. The van der Waals surface area contributed by atoms with Gasteiger partial charge < -0.3 is 4.57 Å². The molecule has 5 heteroatoms. The van der Waals surface area contributed by atoms with Gasteiger partial charge >= 0.3 is 0 Å². The molecule has 1 heterocycles. The molecule has 3 nitrogen and oxygen atoms in total. The number of benzene rings is 1. The molecule has 1 fully saturated rings. The first kappa shape index (κ1) is 18.0. The van der Waals surface area contributed by atoms with Crippen molar-refractivity contribution in [3.8, 4) is 0 Å². The molecule has 0 amide bonds. The van der Waals surface area contributed by atoms with Gasteiger partial charge in [0.1, 0.15) is 5.82 Å². The summed E-state index contributed by atoms with van der Waals surface area (Å²) in [5, 5.41) is 9.99. The van der Waals surface area contributed by atoms with E-state index in [0.717, 1.165) is 34.3 Å². The lowest BCUT2D eigenvalue weighted by Gasteiger charge is -2.21. The Morgan fingerprint density at radius 3 is 2.79 bits per heavy atom. The highest BCUT2D eigenvalue weighted by Gasteiger charge is 2.16. The van der Waals surface area contributed by atoms with Gasteiger partial charge in [-0.3, -0.25) is 0 Å². The molecule has 3 rings (SSSR count). The largest absolute Gasteiger partial charge is 0.306 e. The van der Waals surface area contributed by atoms with Crippen molar-refractivity contribution in [3.05, 3.63) is 40.1 Å². The Bertz CT molecular complexity index is 650. The van der Waals surface area contributed by atoms with Crippen molar-refractivity contribution in [2.45, 2.75) is 69.3 Å². The summed E-state index contributed by atoms with van der Waals surface area (Å²) >= 11 is 5.32. The van der Waals surface area contributed by atoms with Gasteiger partial charge in [0.25, 0.3) is 0 Å². The third-order valence-electron chi connectivity index (χ3n) is 4.87. The Kier molecular flexibility index (Phi) is 6.78. The van der Waals surface area contributed by atoms with Crippen LogP contribution < -0.4 is 0 Å². The van der Waals surface area contributed by atoms with Gasteiger partial charge in [-0.15, -0.1) is 10.2 Å². The second-order valence-corrected chi connectivity index (χ2v) is 8.46. The van der Waals surface area contributed by atoms with Crippen LogP contribution in [0.1, 0.15) is 56.8 Å². The summed E-state index contributed by atoms with van der Waals surface area (Å²) in [6.07, 6.45) is 9.42. The zero-order valence-corrected chi connectivity index (χ0v) is 16.8. The summed E-state index contributed by atoms with van der Waals surface area (Å²) in [5.74, 6) is 3.00. The van der Waals surface area contributed by atoms with Crippen LogP contribution in [0, 0.1) is 5.92 Å². The van der Waals surface area contributed by atoms with E-state index in [1.807, 2.05) is 0 Å². The first-order valence-electron chi connectivity index (χ1n) is 9.05. The molecule has 0 saturated heterocycles. The van der Waals surface area contributed by atoms with Gasteiger partial charge in [0, 0.05) is 23.2 Å². The van der Waals surface area contributed by atoms with Crippen LogP contribution >= 0.6 is 27.7 Å². The average molecular weight is 408 g/mol. The minimum absolute atomic E-state index is 0.901. The molecule has 1 saturated carbocycles. The first-order chi connectivity index (χ1) is 11.8. The topological polar surface area (TPSA) is 30.7 Å². The second-order valence-electron chi connectivity index (χ2n) is 6.60. The normalized spacial score (nSPS) is 15.8. The Balaban J connectivity index is 1.59. The summed E-state index contributed by atoms with van der Waals surface area (Å²) < 4.78 is 3.43. The van der Waals surface area contributed by atoms with Gasteiger partial charge in [0.15, 0.2) is 5.16 Å². The molecule has 1 aromatic heterocycles. The zero-order chi connectivity index (χ0) is 16.8. The van der Waals surface area contributed by atoms with E-state index in [4.69, 9.17) is 0 Å². The molecule has 0 atom stereocenters. The molecule has 0 bridgehead atoms. The minimum Gasteiger partial charge on any atom is -0.306 e. The minimum atomic E-state index is 0.901. The van der Waals surface area contributed by atoms with Crippen LogP contribution in [-0.2, 0) is 18.7 Å². The predicted octanol–water partition coefficient (Wildman–Crippen LogP) is 5.87. The van der Waals surface area contributed by atoms with Gasteiger partial charge in [-0.05, 0) is 37.0 Å². The summed E-state index contributed by atoms with van der Waals surface area (Å²) in [5.41, 5.74) is 1.31. The van der Waals surface area contributed by atoms with Crippen LogP contribution in [0.25, 0.3) is 0 Å². The molecule has 130 valence electrons. The molecule has 0 aliphatic heterocycles. The molecule has 0 N–H and O–H groups in total. The maximum atomic E-state index is 4.48. The van der Waals surface area contributed by atoms with Crippen LogP contribution in [0.4, 0.5) is 0 Å². The summed E-state index contributed by atoms with van der Waals surface area (Å²) in [7, 11) is 0. The van der Waals surface area contributed by atoms with Crippen molar-refractivity contribution in [2.75, 3.05) is 0 Å². The van der Waals surface area contributed by atoms with Crippen molar-refractivity contribution in [1.82, 2.24) is 14.8 Å². The van der Waals surface area contributed by atoms with Crippen LogP contribution in [0.15, 0.2) is 33.9 Å². The van der Waals surface area contributed by atoms with E-state index in [2.05, 4.69) is 61.9 Å². The Hall–Kier alpha value is -0.810. The SMILES string of the molecule is CCn1c(CCC2CCCCC2)nnc1SCc1cccc(Br)c1. The molecule has 1 aliphatic carbocycles. The van der Waals surface area contributed by atoms with Crippen molar-refractivity contribution < 1.29 is 0 Å². The summed E-state index contributed by atoms with van der Waals surface area (Å²) in [4.78, 5) is 0. The van der Waals surface area contributed by atoms with E-state index in [1.54, 1.807) is 11.8 Å². The van der Waals surface area contributed by atoms with E-state index in [0.29, 0.717) is 0 Å². The third-order valence-corrected chi connectivity index (χ3v) is 6.40. The average Bonchev–Trinajstić information content (AvgIpc) is 3.01. The van der Waals surface area contributed by atoms with Crippen molar-refractivity contribution in [2.24, 2.45) is 5.92 Å². The lowest BCUT2D eigenvalue weighted by molar-refractivity contribution is 0.335. The number of aromatic nitrogens is 3. The molecular formula is C19H26BrN3S. The van der Waals surface area contributed by atoms with Gasteiger partial charge in [0.2, 0.25) is 0 Å². The Labute approximate surface area is 157 Å². The highest BCUT2D eigenvalue weighted by Crippen LogP contribution is 2.28. The lowest BCUT2D eigenvalue weighted by Crippen LogP contribution is -2.10. The van der Waals surface area contributed by atoms with Crippen molar-refractivity contribution >= 4 is 27.7 Å².